The van der Waals surface area contributed by atoms with Gasteiger partial charge in [0.25, 0.3) is 0 Å². The number of rotatable bonds is 2. The minimum absolute atomic E-state index is 0.607. The molecule has 0 saturated heterocycles. The molecule has 1 N–H and O–H groups in total. The van der Waals surface area contributed by atoms with Gasteiger partial charge in [-0.2, -0.15) is 0 Å². The lowest BCUT2D eigenvalue weighted by atomic mass is 10.3. The Hall–Kier alpha value is -1.91. The predicted molar refractivity (Wildman–Crippen MR) is 54.6 cm³/mol. The number of fused-ring (bicyclic) bond motifs is 1. The SMILES string of the molecule is Cc1cnc2c(c1)ncn2C(C)C(=O)O. The monoisotopic (exact) mass is 205 g/mol. The van der Waals surface area contributed by atoms with Gasteiger partial charge in [-0.3, -0.25) is 0 Å². The zero-order valence-electron chi connectivity index (χ0n) is 8.51. The average Bonchev–Trinajstić information content (AvgIpc) is 2.59. The van der Waals surface area contributed by atoms with Crippen LogP contribution in [0.5, 0.6) is 0 Å². The molecule has 2 aromatic rings. The van der Waals surface area contributed by atoms with Gasteiger partial charge >= 0.3 is 5.97 Å². The van der Waals surface area contributed by atoms with E-state index in [9.17, 15) is 4.79 Å². The molecule has 0 aliphatic heterocycles. The molecule has 15 heavy (non-hydrogen) atoms. The number of aryl methyl sites for hydroxylation is 1. The number of carbonyl (C=O) groups is 1. The number of carboxylic acid groups (broad SMARTS) is 1. The van der Waals surface area contributed by atoms with Gasteiger partial charge in [-0.05, 0) is 25.5 Å². The molecule has 5 heteroatoms. The molecule has 0 bridgehead atoms. The van der Waals surface area contributed by atoms with E-state index in [1.165, 1.54) is 6.33 Å². The largest absolute Gasteiger partial charge is 0.480 e. The molecule has 5 nitrogen and oxygen atoms in total. The van der Waals surface area contributed by atoms with E-state index >= 15 is 0 Å². The lowest BCUT2D eigenvalue weighted by Gasteiger charge is -2.07. The van der Waals surface area contributed by atoms with E-state index in [2.05, 4.69) is 9.97 Å². The van der Waals surface area contributed by atoms with E-state index in [0.29, 0.717) is 5.65 Å². The lowest BCUT2D eigenvalue weighted by Crippen LogP contribution is -2.14. The Kier molecular flexibility index (Phi) is 2.15. The molecular formula is C10H11N3O2. The summed E-state index contributed by atoms with van der Waals surface area (Å²) in [5, 5.41) is 8.89. The molecule has 78 valence electrons. The predicted octanol–water partition coefficient (Wildman–Crippen LogP) is 1.39. The number of nitrogens with zero attached hydrogens (tertiary/aromatic N) is 3. The van der Waals surface area contributed by atoms with Crippen LogP contribution < -0.4 is 0 Å². The standard InChI is InChI=1S/C10H11N3O2/c1-6-3-8-9(11-4-6)13(5-12-8)7(2)10(14)15/h3-5,7H,1-2H3,(H,14,15). The van der Waals surface area contributed by atoms with Gasteiger partial charge in [0, 0.05) is 6.20 Å². The summed E-state index contributed by atoms with van der Waals surface area (Å²) in [7, 11) is 0. The van der Waals surface area contributed by atoms with Gasteiger partial charge < -0.3 is 9.67 Å². The summed E-state index contributed by atoms with van der Waals surface area (Å²) in [5.74, 6) is -0.892. The van der Waals surface area contributed by atoms with Crippen molar-refractivity contribution in [1.29, 1.82) is 0 Å². The van der Waals surface area contributed by atoms with Gasteiger partial charge in [0.15, 0.2) is 5.65 Å². The molecule has 0 aliphatic rings. The third-order valence-electron chi connectivity index (χ3n) is 2.32. The molecule has 0 radical (unpaired) electrons. The Balaban J connectivity index is 2.59. The Labute approximate surface area is 86.4 Å². The Morgan fingerprint density at radius 1 is 1.53 bits per heavy atom. The highest BCUT2D eigenvalue weighted by Gasteiger charge is 2.16. The summed E-state index contributed by atoms with van der Waals surface area (Å²) in [5.41, 5.74) is 2.34. The highest BCUT2D eigenvalue weighted by molar-refractivity contribution is 5.77. The van der Waals surface area contributed by atoms with Crippen LogP contribution in [-0.2, 0) is 4.79 Å². The fraction of sp³-hybridized carbons (Fsp3) is 0.300. The second kappa shape index (κ2) is 3.34. The van der Waals surface area contributed by atoms with Gasteiger partial charge in [0.1, 0.15) is 11.6 Å². The fourth-order valence-corrected chi connectivity index (χ4v) is 1.42. The van der Waals surface area contributed by atoms with Crippen LogP contribution in [0.4, 0.5) is 0 Å². The summed E-state index contributed by atoms with van der Waals surface area (Å²) in [6, 6.07) is 1.23. The first-order valence-corrected chi connectivity index (χ1v) is 4.61. The highest BCUT2D eigenvalue weighted by atomic mass is 16.4. The van der Waals surface area contributed by atoms with Gasteiger partial charge in [-0.25, -0.2) is 14.8 Å². The molecular weight excluding hydrogens is 194 g/mol. The van der Waals surface area contributed by atoms with Crippen LogP contribution >= 0.6 is 0 Å². The number of aromatic nitrogens is 3. The number of imidazole rings is 1. The third kappa shape index (κ3) is 1.56. The van der Waals surface area contributed by atoms with Crippen LogP contribution in [0.1, 0.15) is 18.5 Å². The third-order valence-corrected chi connectivity index (χ3v) is 2.32. The molecule has 1 unspecified atom stereocenters. The normalized spacial score (nSPS) is 12.9. The maximum absolute atomic E-state index is 10.8. The van der Waals surface area contributed by atoms with E-state index in [1.807, 2.05) is 13.0 Å². The summed E-state index contributed by atoms with van der Waals surface area (Å²) < 4.78 is 1.55. The first-order valence-electron chi connectivity index (χ1n) is 4.61. The minimum Gasteiger partial charge on any atom is -0.480 e. The smallest absolute Gasteiger partial charge is 0.326 e. The molecule has 2 aromatic heterocycles. The molecule has 0 aromatic carbocycles. The first kappa shape index (κ1) is 9.64. The van der Waals surface area contributed by atoms with Crippen molar-refractivity contribution in [2.75, 3.05) is 0 Å². The average molecular weight is 205 g/mol. The van der Waals surface area contributed by atoms with Crippen LogP contribution in [0.3, 0.4) is 0 Å². The van der Waals surface area contributed by atoms with Crippen molar-refractivity contribution in [1.82, 2.24) is 14.5 Å². The summed E-state index contributed by atoms with van der Waals surface area (Å²) in [6.45, 7) is 3.52. The first-order chi connectivity index (χ1) is 7.09. The van der Waals surface area contributed by atoms with E-state index < -0.39 is 12.0 Å². The van der Waals surface area contributed by atoms with E-state index in [-0.39, 0.29) is 0 Å². The lowest BCUT2D eigenvalue weighted by molar-refractivity contribution is -0.140. The second-order valence-electron chi connectivity index (χ2n) is 3.52. The molecule has 0 amide bonds. The van der Waals surface area contributed by atoms with E-state index in [0.717, 1.165) is 11.1 Å². The number of pyridine rings is 1. The molecule has 0 spiro atoms. The Morgan fingerprint density at radius 2 is 2.27 bits per heavy atom. The number of hydrogen-bond acceptors (Lipinski definition) is 3. The topological polar surface area (TPSA) is 68.0 Å². The maximum Gasteiger partial charge on any atom is 0.326 e. The van der Waals surface area contributed by atoms with Crippen molar-refractivity contribution in [2.24, 2.45) is 0 Å². The van der Waals surface area contributed by atoms with Crippen molar-refractivity contribution in [3.63, 3.8) is 0 Å². The van der Waals surface area contributed by atoms with E-state index in [4.69, 9.17) is 5.11 Å². The Bertz CT molecular complexity index is 518. The van der Waals surface area contributed by atoms with Gasteiger partial charge in [-0.1, -0.05) is 0 Å². The zero-order chi connectivity index (χ0) is 11.0. The van der Waals surface area contributed by atoms with E-state index in [1.54, 1.807) is 17.7 Å². The molecule has 1 atom stereocenters. The Morgan fingerprint density at radius 3 is 2.93 bits per heavy atom. The van der Waals surface area contributed by atoms with Crippen LogP contribution in [0.15, 0.2) is 18.6 Å². The van der Waals surface area contributed by atoms with Crippen molar-refractivity contribution >= 4 is 17.1 Å². The summed E-state index contributed by atoms with van der Waals surface area (Å²) >= 11 is 0. The van der Waals surface area contributed by atoms with Gasteiger partial charge in [0.05, 0.1) is 6.33 Å². The molecule has 0 saturated carbocycles. The van der Waals surface area contributed by atoms with Crippen molar-refractivity contribution in [3.8, 4) is 0 Å². The van der Waals surface area contributed by atoms with Crippen LogP contribution in [-0.4, -0.2) is 25.6 Å². The van der Waals surface area contributed by atoms with Crippen LogP contribution in [0.25, 0.3) is 11.2 Å². The van der Waals surface area contributed by atoms with Crippen molar-refractivity contribution in [3.05, 3.63) is 24.2 Å². The molecule has 0 aliphatic carbocycles. The number of hydrogen-bond donors (Lipinski definition) is 1. The zero-order valence-corrected chi connectivity index (χ0v) is 8.51. The van der Waals surface area contributed by atoms with Gasteiger partial charge in [0.2, 0.25) is 0 Å². The minimum atomic E-state index is -0.892. The van der Waals surface area contributed by atoms with Crippen LogP contribution in [0.2, 0.25) is 0 Å². The van der Waals surface area contributed by atoms with Crippen molar-refractivity contribution < 1.29 is 9.90 Å². The second-order valence-corrected chi connectivity index (χ2v) is 3.52. The quantitative estimate of drug-likeness (QED) is 0.804. The number of carboxylic acids is 1. The highest BCUT2D eigenvalue weighted by Crippen LogP contribution is 2.16. The summed E-state index contributed by atoms with van der Waals surface area (Å²) in [4.78, 5) is 19.1. The van der Waals surface area contributed by atoms with Crippen molar-refractivity contribution in [2.45, 2.75) is 19.9 Å². The van der Waals surface area contributed by atoms with Gasteiger partial charge in [-0.15, -0.1) is 0 Å². The van der Waals surface area contributed by atoms with Crippen LogP contribution in [0, 0.1) is 6.92 Å². The molecule has 0 fully saturated rings. The number of aliphatic carboxylic acids is 1. The fourth-order valence-electron chi connectivity index (χ4n) is 1.42. The summed E-state index contributed by atoms with van der Waals surface area (Å²) in [6.07, 6.45) is 3.21. The maximum atomic E-state index is 10.8. The molecule has 2 rings (SSSR count). The molecule has 2 heterocycles.